The van der Waals surface area contributed by atoms with Crippen molar-refractivity contribution in [3.05, 3.63) is 54.2 Å². The van der Waals surface area contributed by atoms with E-state index in [9.17, 15) is 0 Å². The van der Waals surface area contributed by atoms with Crippen LogP contribution in [0.2, 0.25) is 0 Å². The fourth-order valence-electron chi connectivity index (χ4n) is 2.00. The van der Waals surface area contributed by atoms with Crippen LogP contribution in [-0.2, 0) is 6.54 Å². The van der Waals surface area contributed by atoms with Crippen LogP contribution in [0.5, 0.6) is 11.6 Å². The molecule has 1 saturated carbocycles. The third-order valence-corrected chi connectivity index (χ3v) is 3.28. The molecule has 1 heterocycles. The van der Waals surface area contributed by atoms with Gasteiger partial charge in [-0.05, 0) is 31.0 Å². The molecule has 0 spiro atoms. The summed E-state index contributed by atoms with van der Waals surface area (Å²) in [5.74, 6) is 1.51. The number of nitrogens with zero attached hydrogens (tertiary/aromatic N) is 1. The van der Waals surface area contributed by atoms with E-state index in [1.807, 2.05) is 48.5 Å². The van der Waals surface area contributed by atoms with Crippen LogP contribution >= 0.6 is 0 Å². The fraction of sp³-hybridized carbons (Fsp3) is 0.353. The summed E-state index contributed by atoms with van der Waals surface area (Å²) in [6.07, 6.45) is 2.57. The second-order valence-corrected chi connectivity index (χ2v) is 5.13. The van der Waals surface area contributed by atoms with Crippen LogP contribution in [0.25, 0.3) is 0 Å². The third kappa shape index (κ3) is 4.76. The second-order valence-electron chi connectivity index (χ2n) is 5.13. The smallest absolute Gasteiger partial charge is 0.213 e. The van der Waals surface area contributed by atoms with Crippen LogP contribution < -0.4 is 14.8 Å². The van der Waals surface area contributed by atoms with Gasteiger partial charge in [0, 0.05) is 18.7 Å². The van der Waals surface area contributed by atoms with Gasteiger partial charge in [-0.1, -0.05) is 24.3 Å². The van der Waals surface area contributed by atoms with E-state index in [0.717, 1.165) is 18.0 Å². The molecule has 1 fully saturated rings. The van der Waals surface area contributed by atoms with Gasteiger partial charge in [0.25, 0.3) is 0 Å². The van der Waals surface area contributed by atoms with E-state index < -0.39 is 0 Å². The Morgan fingerprint density at radius 3 is 2.57 bits per heavy atom. The van der Waals surface area contributed by atoms with E-state index in [2.05, 4.69) is 10.3 Å². The highest BCUT2D eigenvalue weighted by Gasteiger charge is 2.20. The Hall–Kier alpha value is -2.07. The van der Waals surface area contributed by atoms with Crippen molar-refractivity contribution < 1.29 is 9.47 Å². The van der Waals surface area contributed by atoms with Gasteiger partial charge in [-0.2, -0.15) is 0 Å². The van der Waals surface area contributed by atoms with Gasteiger partial charge >= 0.3 is 0 Å². The van der Waals surface area contributed by atoms with Crippen molar-refractivity contribution in [1.29, 1.82) is 0 Å². The molecule has 21 heavy (non-hydrogen) atoms. The number of rotatable bonds is 8. The van der Waals surface area contributed by atoms with Crippen LogP contribution in [0.15, 0.2) is 48.5 Å². The first-order valence-electron chi connectivity index (χ1n) is 7.40. The average molecular weight is 284 g/mol. The number of nitrogens with one attached hydrogen (secondary N) is 1. The number of ether oxygens (including phenoxy) is 2. The lowest BCUT2D eigenvalue weighted by Crippen LogP contribution is -2.16. The SMILES string of the molecule is c1ccc(OCCOc2cccc(CNC3CC3)n2)cc1. The van der Waals surface area contributed by atoms with Crippen molar-refractivity contribution >= 4 is 0 Å². The summed E-state index contributed by atoms with van der Waals surface area (Å²) in [6.45, 7) is 1.81. The van der Waals surface area contributed by atoms with Gasteiger partial charge in [0.2, 0.25) is 5.88 Å². The predicted octanol–water partition coefficient (Wildman–Crippen LogP) is 2.79. The average Bonchev–Trinajstić information content (AvgIpc) is 3.35. The van der Waals surface area contributed by atoms with E-state index in [4.69, 9.17) is 9.47 Å². The number of aromatic nitrogens is 1. The highest BCUT2D eigenvalue weighted by molar-refractivity contribution is 5.21. The van der Waals surface area contributed by atoms with Crippen LogP contribution in [-0.4, -0.2) is 24.2 Å². The van der Waals surface area contributed by atoms with Crippen molar-refractivity contribution in [3.8, 4) is 11.6 Å². The Morgan fingerprint density at radius 1 is 0.952 bits per heavy atom. The van der Waals surface area contributed by atoms with Crippen molar-refractivity contribution in [1.82, 2.24) is 10.3 Å². The maximum Gasteiger partial charge on any atom is 0.213 e. The number of hydrogen-bond donors (Lipinski definition) is 1. The maximum atomic E-state index is 5.63. The first-order valence-corrected chi connectivity index (χ1v) is 7.40. The van der Waals surface area contributed by atoms with Crippen LogP contribution in [0.1, 0.15) is 18.5 Å². The van der Waals surface area contributed by atoms with Crippen LogP contribution in [0.3, 0.4) is 0 Å². The number of hydrogen-bond acceptors (Lipinski definition) is 4. The number of benzene rings is 1. The Morgan fingerprint density at radius 2 is 1.76 bits per heavy atom. The lowest BCUT2D eigenvalue weighted by Gasteiger charge is -2.09. The fourth-order valence-corrected chi connectivity index (χ4v) is 2.00. The topological polar surface area (TPSA) is 43.4 Å². The van der Waals surface area contributed by atoms with Gasteiger partial charge in [0.05, 0.1) is 5.69 Å². The van der Waals surface area contributed by atoms with Crippen molar-refractivity contribution in [2.45, 2.75) is 25.4 Å². The van der Waals surface area contributed by atoms with Crippen LogP contribution in [0, 0.1) is 0 Å². The van der Waals surface area contributed by atoms with Gasteiger partial charge in [-0.3, -0.25) is 0 Å². The molecule has 3 rings (SSSR count). The quantitative estimate of drug-likeness (QED) is 0.757. The van der Waals surface area contributed by atoms with Gasteiger partial charge in [-0.15, -0.1) is 0 Å². The van der Waals surface area contributed by atoms with E-state index in [-0.39, 0.29) is 0 Å². The molecule has 0 amide bonds. The maximum absolute atomic E-state index is 5.63. The minimum atomic E-state index is 0.488. The molecule has 1 aromatic heterocycles. The van der Waals surface area contributed by atoms with E-state index in [1.54, 1.807) is 0 Å². The highest BCUT2D eigenvalue weighted by atomic mass is 16.5. The molecule has 2 aromatic rings. The summed E-state index contributed by atoms with van der Waals surface area (Å²) >= 11 is 0. The zero-order chi connectivity index (χ0) is 14.3. The first kappa shape index (κ1) is 13.9. The Kier molecular flexibility index (Phi) is 4.69. The Labute approximate surface area is 125 Å². The second kappa shape index (κ2) is 7.09. The van der Waals surface area contributed by atoms with Crippen LogP contribution in [0.4, 0.5) is 0 Å². The molecule has 110 valence electrons. The lowest BCUT2D eigenvalue weighted by molar-refractivity contribution is 0.211. The molecule has 1 aliphatic carbocycles. The van der Waals surface area contributed by atoms with Crippen molar-refractivity contribution in [2.24, 2.45) is 0 Å². The molecular weight excluding hydrogens is 264 g/mol. The molecule has 0 radical (unpaired) electrons. The summed E-state index contributed by atoms with van der Waals surface area (Å²) in [4.78, 5) is 4.48. The summed E-state index contributed by atoms with van der Waals surface area (Å²) in [5, 5.41) is 3.45. The first-order chi connectivity index (χ1) is 10.4. The van der Waals surface area contributed by atoms with Gasteiger partial charge in [0.15, 0.2) is 0 Å². The summed E-state index contributed by atoms with van der Waals surface area (Å²) < 4.78 is 11.2. The van der Waals surface area contributed by atoms with Gasteiger partial charge < -0.3 is 14.8 Å². The third-order valence-electron chi connectivity index (χ3n) is 3.28. The minimum Gasteiger partial charge on any atom is -0.490 e. The van der Waals surface area contributed by atoms with E-state index >= 15 is 0 Å². The lowest BCUT2D eigenvalue weighted by atomic mass is 10.3. The van der Waals surface area contributed by atoms with Gasteiger partial charge in [-0.25, -0.2) is 4.98 Å². The molecule has 1 N–H and O–H groups in total. The van der Waals surface area contributed by atoms with E-state index in [1.165, 1.54) is 12.8 Å². The number of para-hydroxylation sites is 1. The normalized spacial score (nSPS) is 13.9. The molecule has 0 atom stereocenters. The number of pyridine rings is 1. The highest BCUT2D eigenvalue weighted by Crippen LogP contribution is 2.19. The Bertz CT molecular complexity index is 556. The zero-order valence-electron chi connectivity index (χ0n) is 12.0. The molecular formula is C17H20N2O2. The predicted molar refractivity (Wildman–Crippen MR) is 81.5 cm³/mol. The minimum absolute atomic E-state index is 0.488. The summed E-state index contributed by atoms with van der Waals surface area (Å²) in [6, 6.07) is 16.3. The molecule has 0 bridgehead atoms. The summed E-state index contributed by atoms with van der Waals surface area (Å²) in [5.41, 5.74) is 1.02. The molecule has 4 nitrogen and oxygen atoms in total. The van der Waals surface area contributed by atoms with Gasteiger partial charge in [0.1, 0.15) is 19.0 Å². The van der Waals surface area contributed by atoms with Crippen molar-refractivity contribution in [3.63, 3.8) is 0 Å². The van der Waals surface area contributed by atoms with E-state index in [0.29, 0.717) is 25.1 Å². The molecule has 1 aliphatic rings. The standard InChI is InChI=1S/C17H20N2O2/c1-2-6-16(7-3-1)20-11-12-21-17-8-4-5-15(19-17)13-18-14-9-10-14/h1-8,14,18H,9-13H2. The molecule has 1 aromatic carbocycles. The van der Waals surface area contributed by atoms with Crippen molar-refractivity contribution in [2.75, 3.05) is 13.2 Å². The molecule has 0 unspecified atom stereocenters. The molecule has 0 saturated heterocycles. The summed E-state index contributed by atoms with van der Waals surface area (Å²) in [7, 11) is 0. The zero-order valence-corrected chi connectivity index (χ0v) is 12.0. The Balaban J connectivity index is 1.41. The molecule has 0 aliphatic heterocycles. The largest absolute Gasteiger partial charge is 0.490 e. The molecule has 4 heteroatoms. The monoisotopic (exact) mass is 284 g/mol.